The van der Waals surface area contributed by atoms with Gasteiger partial charge in [-0.3, -0.25) is 0 Å². The molecule has 30 heavy (non-hydrogen) atoms. The molecule has 3 aromatic carbocycles. The fraction of sp³-hybridized carbons (Fsp3) is 0.222. The molecule has 152 valence electrons. The third kappa shape index (κ3) is 4.16. The van der Waals surface area contributed by atoms with Crippen molar-refractivity contribution in [1.82, 2.24) is 0 Å². The normalized spacial score (nSPS) is 16.5. The smallest absolute Gasteiger partial charge is 0.214 e. The molecule has 0 aromatic heterocycles. The average molecular weight is 397 g/mol. The monoisotopic (exact) mass is 396 g/mol. The molecule has 0 saturated carbocycles. The Labute approximate surface area is 179 Å². The third-order valence-electron chi connectivity index (χ3n) is 5.52. The standard InChI is InChI=1S/C27H28N2O/c1-18-15-19(2)25(20(3)16-18)29-26(23-13-9-6-10-14-23)21(4)27-28-24(17-30-27)22-11-7-5-8-12-22/h5-16,24,29H,17H2,1-4H3. The van der Waals surface area contributed by atoms with Crippen LogP contribution in [0.2, 0.25) is 0 Å². The number of ether oxygens (including phenoxy) is 1. The fourth-order valence-corrected chi connectivity index (χ4v) is 4.02. The number of aliphatic imine (C=N–C) groups is 1. The van der Waals surface area contributed by atoms with Crippen molar-refractivity contribution in [1.29, 1.82) is 0 Å². The molecule has 1 N–H and O–H groups in total. The van der Waals surface area contributed by atoms with Crippen LogP contribution in [0.1, 0.15) is 40.8 Å². The lowest BCUT2D eigenvalue weighted by Crippen LogP contribution is -2.10. The van der Waals surface area contributed by atoms with E-state index in [2.05, 4.69) is 81.5 Å². The molecule has 1 aliphatic heterocycles. The second-order valence-electron chi connectivity index (χ2n) is 7.94. The average Bonchev–Trinajstić information content (AvgIpc) is 3.24. The molecule has 1 aliphatic rings. The maximum absolute atomic E-state index is 6.05. The number of nitrogens with zero attached hydrogens (tertiary/aromatic N) is 1. The van der Waals surface area contributed by atoms with Crippen LogP contribution >= 0.6 is 0 Å². The van der Waals surface area contributed by atoms with Crippen LogP contribution in [0.5, 0.6) is 0 Å². The lowest BCUT2D eigenvalue weighted by atomic mass is 10.0. The number of aryl methyl sites for hydroxylation is 3. The highest BCUT2D eigenvalue weighted by Gasteiger charge is 2.24. The third-order valence-corrected chi connectivity index (χ3v) is 5.52. The highest BCUT2D eigenvalue weighted by molar-refractivity contribution is 6.03. The molecule has 3 heteroatoms. The van der Waals surface area contributed by atoms with Crippen LogP contribution in [-0.4, -0.2) is 12.5 Å². The van der Waals surface area contributed by atoms with Gasteiger partial charge in [-0.05, 0) is 49.9 Å². The molecular formula is C27H28N2O. The molecule has 0 fully saturated rings. The van der Waals surface area contributed by atoms with Crippen LogP contribution in [0.15, 0.2) is 83.4 Å². The molecule has 1 atom stereocenters. The molecule has 1 unspecified atom stereocenters. The molecule has 0 spiro atoms. The number of hydrogen-bond donors (Lipinski definition) is 1. The summed E-state index contributed by atoms with van der Waals surface area (Å²) in [5.74, 6) is 0.706. The van der Waals surface area contributed by atoms with E-state index in [1.54, 1.807) is 0 Å². The van der Waals surface area contributed by atoms with E-state index < -0.39 is 0 Å². The highest BCUT2D eigenvalue weighted by atomic mass is 16.5. The Balaban J connectivity index is 1.76. The van der Waals surface area contributed by atoms with E-state index in [0.29, 0.717) is 12.5 Å². The Morgan fingerprint density at radius 1 is 0.900 bits per heavy atom. The van der Waals surface area contributed by atoms with Gasteiger partial charge in [-0.25, -0.2) is 4.99 Å². The van der Waals surface area contributed by atoms with Gasteiger partial charge in [0.2, 0.25) is 5.90 Å². The zero-order valence-corrected chi connectivity index (χ0v) is 18.1. The molecule has 0 amide bonds. The van der Waals surface area contributed by atoms with Gasteiger partial charge in [-0.1, -0.05) is 78.4 Å². The van der Waals surface area contributed by atoms with Gasteiger partial charge in [0, 0.05) is 11.3 Å². The molecule has 1 heterocycles. The second-order valence-corrected chi connectivity index (χ2v) is 7.94. The minimum Gasteiger partial charge on any atom is -0.475 e. The van der Waals surface area contributed by atoms with E-state index in [4.69, 9.17) is 9.73 Å². The van der Waals surface area contributed by atoms with Crippen LogP contribution in [0.4, 0.5) is 5.69 Å². The van der Waals surface area contributed by atoms with Gasteiger partial charge in [-0.2, -0.15) is 0 Å². The predicted octanol–water partition coefficient (Wildman–Crippen LogP) is 6.62. The Kier molecular flexibility index (Phi) is 5.71. The first kappa shape index (κ1) is 20.0. The van der Waals surface area contributed by atoms with E-state index in [-0.39, 0.29) is 6.04 Å². The quantitative estimate of drug-likeness (QED) is 0.525. The molecule has 3 aromatic rings. The Hall–Kier alpha value is -3.33. The van der Waals surface area contributed by atoms with Gasteiger partial charge in [0.15, 0.2) is 0 Å². The zero-order valence-electron chi connectivity index (χ0n) is 18.1. The van der Waals surface area contributed by atoms with E-state index in [1.807, 2.05) is 24.3 Å². The predicted molar refractivity (Wildman–Crippen MR) is 126 cm³/mol. The SMILES string of the molecule is CC(C1=NC(c2ccccc2)CO1)=C(Nc1c(C)cc(C)cc1C)c1ccccc1. The van der Waals surface area contributed by atoms with E-state index in [9.17, 15) is 0 Å². The van der Waals surface area contributed by atoms with Crippen molar-refractivity contribution in [2.45, 2.75) is 33.7 Å². The van der Waals surface area contributed by atoms with Crippen LogP contribution in [0, 0.1) is 20.8 Å². The van der Waals surface area contributed by atoms with Crippen LogP contribution in [0.25, 0.3) is 5.70 Å². The maximum Gasteiger partial charge on any atom is 0.214 e. The van der Waals surface area contributed by atoms with Gasteiger partial charge in [0.1, 0.15) is 12.6 Å². The Morgan fingerprint density at radius 2 is 1.50 bits per heavy atom. The van der Waals surface area contributed by atoms with Crippen LogP contribution in [0.3, 0.4) is 0 Å². The molecule has 0 bridgehead atoms. The first-order valence-corrected chi connectivity index (χ1v) is 10.4. The van der Waals surface area contributed by atoms with Gasteiger partial charge in [0.05, 0.1) is 5.70 Å². The molecule has 4 rings (SSSR count). The molecule has 0 aliphatic carbocycles. The number of hydrogen-bond acceptors (Lipinski definition) is 3. The van der Waals surface area contributed by atoms with Gasteiger partial charge >= 0.3 is 0 Å². The molecular weight excluding hydrogens is 368 g/mol. The summed E-state index contributed by atoms with van der Waals surface area (Å²) in [4.78, 5) is 4.90. The topological polar surface area (TPSA) is 33.6 Å². The largest absolute Gasteiger partial charge is 0.475 e. The first-order chi connectivity index (χ1) is 14.5. The van der Waals surface area contributed by atoms with Crippen molar-refractivity contribution in [2.75, 3.05) is 11.9 Å². The van der Waals surface area contributed by atoms with Crippen LogP contribution in [-0.2, 0) is 4.74 Å². The lowest BCUT2D eigenvalue weighted by Gasteiger charge is -2.19. The van der Waals surface area contributed by atoms with Crippen molar-refractivity contribution >= 4 is 17.3 Å². The number of nitrogens with one attached hydrogen (secondary N) is 1. The zero-order chi connectivity index (χ0) is 21.1. The Morgan fingerprint density at radius 3 is 2.13 bits per heavy atom. The van der Waals surface area contributed by atoms with Crippen molar-refractivity contribution in [3.8, 4) is 0 Å². The molecule has 0 saturated heterocycles. The summed E-state index contributed by atoms with van der Waals surface area (Å²) in [5, 5.41) is 3.71. The maximum atomic E-state index is 6.05. The first-order valence-electron chi connectivity index (χ1n) is 10.4. The molecule has 3 nitrogen and oxygen atoms in total. The minimum atomic E-state index is 0.0380. The summed E-state index contributed by atoms with van der Waals surface area (Å²) in [6.07, 6.45) is 0. The Bertz CT molecular complexity index is 1080. The van der Waals surface area contributed by atoms with Gasteiger partial charge in [-0.15, -0.1) is 0 Å². The summed E-state index contributed by atoms with van der Waals surface area (Å²) in [6.45, 7) is 9.08. The minimum absolute atomic E-state index is 0.0380. The van der Waals surface area contributed by atoms with Crippen LogP contribution < -0.4 is 5.32 Å². The van der Waals surface area contributed by atoms with Crippen molar-refractivity contribution < 1.29 is 4.74 Å². The number of benzene rings is 3. The van der Waals surface area contributed by atoms with E-state index >= 15 is 0 Å². The summed E-state index contributed by atoms with van der Waals surface area (Å²) in [7, 11) is 0. The summed E-state index contributed by atoms with van der Waals surface area (Å²) in [5.41, 5.74) is 9.19. The summed E-state index contributed by atoms with van der Waals surface area (Å²) >= 11 is 0. The van der Waals surface area contributed by atoms with Crippen molar-refractivity contribution in [3.05, 3.63) is 106 Å². The summed E-state index contributed by atoms with van der Waals surface area (Å²) in [6, 6.07) is 25.2. The summed E-state index contributed by atoms with van der Waals surface area (Å²) < 4.78 is 6.05. The second kappa shape index (κ2) is 8.58. The van der Waals surface area contributed by atoms with E-state index in [0.717, 1.165) is 22.5 Å². The van der Waals surface area contributed by atoms with Crippen molar-refractivity contribution in [3.63, 3.8) is 0 Å². The lowest BCUT2D eigenvalue weighted by molar-refractivity contribution is 0.319. The highest BCUT2D eigenvalue weighted by Crippen LogP contribution is 2.31. The number of rotatable bonds is 5. The van der Waals surface area contributed by atoms with E-state index in [1.165, 1.54) is 22.3 Å². The number of anilines is 1. The van der Waals surface area contributed by atoms with Crippen molar-refractivity contribution in [2.24, 2.45) is 4.99 Å². The van der Waals surface area contributed by atoms with Gasteiger partial charge in [0.25, 0.3) is 0 Å². The fourth-order valence-electron chi connectivity index (χ4n) is 4.02. The van der Waals surface area contributed by atoms with Gasteiger partial charge < -0.3 is 10.1 Å². The molecule has 0 radical (unpaired) electrons.